The summed E-state index contributed by atoms with van der Waals surface area (Å²) in [6, 6.07) is 11.4. The lowest BCUT2D eigenvalue weighted by atomic mass is 10.3. The highest BCUT2D eigenvalue weighted by Crippen LogP contribution is 2.29. The quantitative estimate of drug-likeness (QED) is 0.744. The summed E-state index contributed by atoms with van der Waals surface area (Å²) in [5, 5.41) is 3.21. The van der Waals surface area contributed by atoms with E-state index >= 15 is 0 Å². The van der Waals surface area contributed by atoms with Crippen molar-refractivity contribution in [2.75, 3.05) is 29.0 Å². The molecule has 0 aliphatic rings. The highest BCUT2D eigenvalue weighted by molar-refractivity contribution is 7.92. The van der Waals surface area contributed by atoms with Gasteiger partial charge in [-0.05, 0) is 43.3 Å². The van der Waals surface area contributed by atoms with Gasteiger partial charge in [-0.1, -0.05) is 29.3 Å². The number of benzene rings is 2. The lowest BCUT2D eigenvalue weighted by molar-refractivity contribution is -0.118. The topological polar surface area (TPSA) is 75.7 Å². The van der Waals surface area contributed by atoms with Crippen LogP contribution < -0.4 is 14.4 Å². The lowest BCUT2D eigenvalue weighted by Gasteiger charge is -2.20. The molecule has 0 aliphatic heterocycles. The number of hydrogen-bond donors (Lipinski definition) is 1. The average Bonchev–Trinajstić information content (AvgIpc) is 2.58. The second-order valence-electron chi connectivity index (χ2n) is 5.36. The molecule has 0 atom stereocenters. The maximum atomic E-state index is 12.0. The second-order valence-corrected chi connectivity index (χ2v) is 8.05. The summed E-state index contributed by atoms with van der Waals surface area (Å²) >= 11 is 11.9. The van der Waals surface area contributed by atoms with Gasteiger partial charge in [0.25, 0.3) is 5.91 Å². The monoisotopic (exact) mass is 416 g/mol. The van der Waals surface area contributed by atoms with Crippen LogP contribution >= 0.6 is 23.2 Å². The van der Waals surface area contributed by atoms with Crippen LogP contribution in [-0.2, 0) is 14.8 Å². The van der Waals surface area contributed by atoms with Crippen molar-refractivity contribution in [2.24, 2.45) is 0 Å². The molecular weight excluding hydrogens is 399 g/mol. The molecule has 0 radical (unpaired) electrons. The Labute approximate surface area is 162 Å². The average molecular weight is 417 g/mol. The zero-order chi connectivity index (χ0) is 19.3. The van der Waals surface area contributed by atoms with E-state index in [0.29, 0.717) is 28.7 Å². The summed E-state index contributed by atoms with van der Waals surface area (Å²) in [5.41, 5.74) is 0.923. The molecule has 2 aromatic carbocycles. The molecule has 1 amide bonds. The number of hydrogen-bond acceptors (Lipinski definition) is 4. The third-order valence-corrected chi connectivity index (χ3v) is 5.50. The van der Waals surface area contributed by atoms with Crippen molar-refractivity contribution in [2.45, 2.75) is 6.92 Å². The van der Waals surface area contributed by atoms with Crippen molar-refractivity contribution in [1.29, 1.82) is 0 Å². The molecule has 0 aliphatic carbocycles. The number of amides is 1. The van der Waals surface area contributed by atoms with Crippen LogP contribution in [0.25, 0.3) is 0 Å². The molecule has 9 heteroatoms. The van der Waals surface area contributed by atoms with Gasteiger partial charge in [0, 0.05) is 6.54 Å². The summed E-state index contributed by atoms with van der Waals surface area (Å²) in [6.45, 7) is 1.84. The van der Waals surface area contributed by atoms with E-state index in [1.54, 1.807) is 49.4 Å². The van der Waals surface area contributed by atoms with Crippen LogP contribution in [0.5, 0.6) is 5.75 Å². The zero-order valence-electron chi connectivity index (χ0n) is 14.2. The fraction of sp³-hybridized carbons (Fsp3) is 0.235. The number of nitrogens with zero attached hydrogens (tertiary/aromatic N) is 1. The molecule has 0 fully saturated rings. The van der Waals surface area contributed by atoms with Gasteiger partial charge >= 0.3 is 0 Å². The molecule has 0 bridgehead atoms. The van der Waals surface area contributed by atoms with Gasteiger partial charge in [0.2, 0.25) is 10.0 Å². The zero-order valence-corrected chi connectivity index (χ0v) is 16.5. The van der Waals surface area contributed by atoms with E-state index in [9.17, 15) is 13.2 Å². The number of rotatable bonds is 7. The molecule has 140 valence electrons. The Morgan fingerprint density at radius 2 is 1.81 bits per heavy atom. The van der Waals surface area contributed by atoms with Crippen molar-refractivity contribution in [3.63, 3.8) is 0 Å². The summed E-state index contributed by atoms with van der Waals surface area (Å²) < 4.78 is 30.1. The first-order valence-electron chi connectivity index (χ1n) is 7.66. The number of carbonyl (C=O) groups excluding carboxylic acids is 1. The highest BCUT2D eigenvalue weighted by Gasteiger charge is 2.15. The normalized spacial score (nSPS) is 11.1. The first kappa shape index (κ1) is 20.4. The minimum atomic E-state index is -3.34. The van der Waals surface area contributed by atoms with Gasteiger partial charge in [-0.2, -0.15) is 0 Å². The third kappa shape index (κ3) is 5.27. The van der Waals surface area contributed by atoms with E-state index in [0.717, 1.165) is 6.26 Å². The molecule has 26 heavy (non-hydrogen) atoms. The van der Waals surface area contributed by atoms with E-state index < -0.39 is 15.9 Å². The number of carbonyl (C=O) groups is 1. The van der Waals surface area contributed by atoms with E-state index in [2.05, 4.69) is 5.32 Å². The fourth-order valence-electron chi connectivity index (χ4n) is 2.25. The van der Waals surface area contributed by atoms with Crippen LogP contribution in [0.3, 0.4) is 0 Å². The number of halogens is 2. The number of anilines is 2. The summed E-state index contributed by atoms with van der Waals surface area (Å²) in [6.07, 6.45) is 1.15. The van der Waals surface area contributed by atoms with Gasteiger partial charge in [-0.25, -0.2) is 8.42 Å². The van der Waals surface area contributed by atoms with Crippen LogP contribution in [0, 0.1) is 0 Å². The maximum absolute atomic E-state index is 12.0. The van der Waals surface area contributed by atoms with Crippen molar-refractivity contribution < 1.29 is 17.9 Å². The number of sulfonamides is 1. The van der Waals surface area contributed by atoms with E-state index in [-0.39, 0.29) is 11.6 Å². The molecule has 0 aromatic heterocycles. The molecule has 6 nitrogen and oxygen atoms in total. The molecule has 2 aromatic rings. The minimum absolute atomic E-state index is 0.230. The Morgan fingerprint density at radius 3 is 2.38 bits per heavy atom. The molecule has 0 heterocycles. The van der Waals surface area contributed by atoms with Gasteiger partial charge in [-0.3, -0.25) is 9.10 Å². The Hall–Kier alpha value is -1.96. The van der Waals surface area contributed by atoms with Crippen LogP contribution in [0.1, 0.15) is 6.92 Å². The molecule has 1 N–H and O–H groups in total. The molecule has 0 unspecified atom stereocenters. The molecule has 2 rings (SSSR count). The smallest absolute Gasteiger partial charge is 0.262 e. The van der Waals surface area contributed by atoms with Gasteiger partial charge in [-0.15, -0.1) is 0 Å². The van der Waals surface area contributed by atoms with E-state index in [1.165, 1.54) is 4.31 Å². The van der Waals surface area contributed by atoms with Crippen LogP contribution in [0.2, 0.25) is 10.0 Å². The highest BCUT2D eigenvalue weighted by atomic mass is 35.5. The molecule has 0 saturated heterocycles. The molecule has 0 spiro atoms. The number of nitrogens with one attached hydrogen (secondary N) is 1. The lowest BCUT2D eigenvalue weighted by Crippen LogP contribution is -2.29. The Bertz CT molecular complexity index is 886. The number of ether oxygens (including phenoxy) is 1. The molecule has 0 saturated carbocycles. The van der Waals surface area contributed by atoms with Crippen molar-refractivity contribution >= 4 is 50.5 Å². The Balaban J connectivity index is 1.97. The van der Waals surface area contributed by atoms with Gasteiger partial charge in [0.1, 0.15) is 5.75 Å². The van der Waals surface area contributed by atoms with E-state index in [1.807, 2.05) is 0 Å². The minimum Gasteiger partial charge on any atom is -0.484 e. The predicted octanol–water partition coefficient (Wildman–Crippen LogP) is 3.80. The Kier molecular flexibility index (Phi) is 6.75. The maximum Gasteiger partial charge on any atom is 0.262 e. The predicted molar refractivity (Wildman–Crippen MR) is 105 cm³/mol. The second kappa shape index (κ2) is 8.62. The first-order chi connectivity index (χ1) is 12.2. The van der Waals surface area contributed by atoms with Crippen LogP contribution in [0.15, 0.2) is 42.5 Å². The first-order valence-corrected chi connectivity index (χ1v) is 10.3. The fourth-order valence-corrected chi connectivity index (χ4v) is 3.57. The van der Waals surface area contributed by atoms with Gasteiger partial charge < -0.3 is 10.1 Å². The summed E-state index contributed by atoms with van der Waals surface area (Å²) in [5.74, 6) is 0.0372. The van der Waals surface area contributed by atoms with E-state index in [4.69, 9.17) is 27.9 Å². The summed E-state index contributed by atoms with van der Waals surface area (Å²) in [7, 11) is -3.34. The van der Waals surface area contributed by atoms with Gasteiger partial charge in [0.15, 0.2) is 6.61 Å². The largest absolute Gasteiger partial charge is 0.484 e. The van der Waals surface area contributed by atoms with Crippen molar-refractivity contribution in [1.82, 2.24) is 0 Å². The summed E-state index contributed by atoms with van der Waals surface area (Å²) in [4.78, 5) is 12.0. The van der Waals surface area contributed by atoms with Gasteiger partial charge in [0.05, 0.1) is 27.7 Å². The van der Waals surface area contributed by atoms with Crippen LogP contribution in [0.4, 0.5) is 11.4 Å². The molecular formula is C17H18Cl2N2O4S. The third-order valence-electron chi connectivity index (χ3n) is 3.41. The van der Waals surface area contributed by atoms with Crippen molar-refractivity contribution in [3.8, 4) is 5.75 Å². The standard InChI is InChI=1S/C17H18Cl2N2O4S/c1-3-21(26(2,23)24)12-7-9-13(10-8-12)25-11-16(22)20-15-6-4-5-14(18)17(15)19/h4-10H,3,11H2,1-2H3,(H,20,22). The SMILES string of the molecule is CCN(c1ccc(OCC(=O)Nc2cccc(Cl)c2Cl)cc1)S(C)(=O)=O. The van der Waals surface area contributed by atoms with Crippen molar-refractivity contribution in [3.05, 3.63) is 52.5 Å². The van der Waals surface area contributed by atoms with Crippen LogP contribution in [-0.4, -0.2) is 33.7 Å². The Morgan fingerprint density at radius 1 is 1.15 bits per heavy atom.